The van der Waals surface area contributed by atoms with Crippen LogP contribution in [-0.4, -0.2) is 35.1 Å². The number of halogens is 2. The zero-order valence-corrected chi connectivity index (χ0v) is 11.5. The Bertz CT molecular complexity index is 439. The third-order valence-corrected chi connectivity index (χ3v) is 3.67. The Morgan fingerprint density at radius 1 is 1.53 bits per heavy atom. The number of hydrogen-bond donors (Lipinski definition) is 1. The van der Waals surface area contributed by atoms with Crippen molar-refractivity contribution in [1.29, 1.82) is 0 Å². The van der Waals surface area contributed by atoms with Crippen molar-refractivity contribution < 1.29 is 9.90 Å². The van der Waals surface area contributed by atoms with Crippen LogP contribution in [0.5, 0.6) is 0 Å². The van der Waals surface area contributed by atoms with Crippen LogP contribution in [0.15, 0.2) is 22.7 Å². The highest BCUT2D eigenvalue weighted by atomic mass is 79.9. The highest BCUT2D eigenvalue weighted by molar-refractivity contribution is 9.10. The van der Waals surface area contributed by atoms with E-state index in [1.165, 1.54) is 0 Å². The summed E-state index contributed by atoms with van der Waals surface area (Å²) in [6.45, 7) is 1.07. The molecule has 0 saturated carbocycles. The Kier molecular flexibility index (Phi) is 4.07. The molecule has 1 N–H and O–H groups in total. The molecule has 1 heterocycles. The van der Waals surface area contributed by atoms with Crippen LogP contribution in [0.2, 0.25) is 5.02 Å². The molecule has 17 heavy (non-hydrogen) atoms. The van der Waals surface area contributed by atoms with Crippen molar-refractivity contribution in [3.63, 3.8) is 0 Å². The van der Waals surface area contributed by atoms with E-state index in [-0.39, 0.29) is 5.91 Å². The first-order chi connectivity index (χ1) is 8.08. The second-order valence-electron chi connectivity index (χ2n) is 4.17. The van der Waals surface area contributed by atoms with Gasteiger partial charge in [0, 0.05) is 17.6 Å². The van der Waals surface area contributed by atoms with Crippen LogP contribution in [0.4, 0.5) is 0 Å². The van der Waals surface area contributed by atoms with Gasteiger partial charge in [-0.2, -0.15) is 0 Å². The van der Waals surface area contributed by atoms with Gasteiger partial charge in [0.05, 0.1) is 16.7 Å². The molecular weight excluding hydrogens is 305 g/mol. The number of rotatable bonds is 1. The fraction of sp³-hybridized carbons (Fsp3) is 0.417. The molecule has 1 saturated heterocycles. The maximum Gasteiger partial charge on any atom is 0.255 e. The molecule has 1 aromatic rings. The zero-order chi connectivity index (χ0) is 12.4. The number of aliphatic hydroxyl groups is 1. The fourth-order valence-corrected chi connectivity index (χ4v) is 2.53. The number of nitrogens with zero attached hydrogens (tertiary/aromatic N) is 1. The minimum Gasteiger partial charge on any atom is -0.391 e. The molecule has 1 amide bonds. The van der Waals surface area contributed by atoms with E-state index in [1.54, 1.807) is 23.1 Å². The summed E-state index contributed by atoms with van der Waals surface area (Å²) in [5.41, 5.74) is 0.482. The molecule has 1 aliphatic heterocycles. The van der Waals surface area contributed by atoms with Crippen molar-refractivity contribution in [2.75, 3.05) is 13.1 Å². The van der Waals surface area contributed by atoms with E-state index < -0.39 is 6.10 Å². The van der Waals surface area contributed by atoms with Gasteiger partial charge in [0.2, 0.25) is 0 Å². The minimum atomic E-state index is -0.418. The van der Waals surface area contributed by atoms with Gasteiger partial charge in [0.25, 0.3) is 5.91 Å². The lowest BCUT2D eigenvalue weighted by Gasteiger charge is -2.30. The monoisotopic (exact) mass is 317 g/mol. The molecule has 1 aliphatic rings. The fourth-order valence-electron chi connectivity index (χ4n) is 1.97. The second-order valence-corrected chi connectivity index (χ2v) is 5.49. The number of amides is 1. The minimum absolute atomic E-state index is 0.116. The average molecular weight is 319 g/mol. The number of hydrogen-bond acceptors (Lipinski definition) is 2. The van der Waals surface area contributed by atoms with E-state index in [0.29, 0.717) is 23.7 Å². The summed E-state index contributed by atoms with van der Waals surface area (Å²) in [6.07, 6.45) is 1.17. The van der Waals surface area contributed by atoms with Crippen LogP contribution in [-0.2, 0) is 0 Å². The van der Waals surface area contributed by atoms with Gasteiger partial charge in [-0.05, 0) is 31.0 Å². The molecule has 0 aliphatic carbocycles. The van der Waals surface area contributed by atoms with Gasteiger partial charge in [0.1, 0.15) is 0 Å². The first-order valence-corrected chi connectivity index (χ1v) is 6.67. The van der Waals surface area contributed by atoms with Crippen LogP contribution in [0, 0.1) is 0 Å². The van der Waals surface area contributed by atoms with Crippen molar-refractivity contribution in [3.8, 4) is 0 Å². The predicted molar refractivity (Wildman–Crippen MR) is 70.3 cm³/mol. The number of aliphatic hydroxyl groups excluding tert-OH is 1. The number of piperidine rings is 1. The Balaban J connectivity index is 2.21. The molecule has 3 nitrogen and oxygen atoms in total. The van der Waals surface area contributed by atoms with Crippen molar-refractivity contribution in [2.45, 2.75) is 18.9 Å². The van der Waals surface area contributed by atoms with Crippen molar-refractivity contribution >= 4 is 33.4 Å². The van der Waals surface area contributed by atoms with Crippen LogP contribution in [0.25, 0.3) is 0 Å². The molecule has 1 atom stereocenters. The van der Waals surface area contributed by atoms with E-state index in [1.807, 2.05) is 0 Å². The van der Waals surface area contributed by atoms with Gasteiger partial charge in [-0.3, -0.25) is 4.79 Å². The second kappa shape index (κ2) is 5.38. The third-order valence-electron chi connectivity index (χ3n) is 2.84. The maximum atomic E-state index is 12.2. The molecule has 5 heteroatoms. The Morgan fingerprint density at radius 3 is 3.00 bits per heavy atom. The van der Waals surface area contributed by atoms with E-state index in [4.69, 9.17) is 11.6 Å². The van der Waals surface area contributed by atoms with Crippen molar-refractivity contribution in [3.05, 3.63) is 33.3 Å². The van der Waals surface area contributed by atoms with Crippen LogP contribution >= 0.6 is 27.5 Å². The quantitative estimate of drug-likeness (QED) is 0.865. The Hall–Kier alpha value is -0.580. The molecule has 92 valence electrons. The molecule has 2 rings (SSSR count). The molecule has 0 radical (unpaired) electrons. The lowest BCUT2D eigenvalue weighted by Crippen LogP contribution is -2.42. The SMILES string of the molecule is O=C(c1cc(Br)ccc1Cl)N1CCC[C@H](O)C1. The van der Waals surface area contributed by atoms with E-state index in [0.717, 1.165) is 17.3 Å². The molecule has 0 spiro atoms. The zero-order valence-electron chi connectivity index (χ0n) is 9.20. The number of carbonyl (C=O) groups is 1. The predicted octanol–water partition coefficient (Wildman–Crippen LogP) is 2.70. The van der Waals surface area contributed by atoms with Crippen LogP contribution in [0.1, 0.15) is 23.2 Å². The normalized spacial score (nSPS) is 20.4. The smallest absolute Gasteiger partial charge is 0.255 e. The van der Waals surface area contributed by atoms with E-state index in [2.05, 4.69) is 15.9 Å². The summed E-state index contributed by atoms with van der Waals surface area (Å²) >= 11 is 9.34. The molecule has 0 aromatic heterocycles. The lowest BCUT2D eigenvalue weighted by atomic mass is 10.1. The summed E-state index contributed by atoms with van der Waals surface area (Å²) in [4.78, 5) is 13.9. The number of likely N-dealkylation sites (tertiary alicyclic amines) is 1. The highest BCUT2D eigenvalue weighted by Gasteiger charge is 2.24. The molecule has 1 fully saturated rings. The number of benzene rings is 1. The summed E-state index contributed by atoms with van der Waals surface area (Å²) in [7, 11) is 0. The first kappa shape index (κ1) is 12.9. The third kappa shape index (κ3) is 3.00. The topological polar surface area (TPSA) is 40.5 Å². The van der Waals surface area contributed by atoms with Crippen molar-refractivity contribution in [2.24, 2.45) is 0 Å². The number of carbonyl (C=O) groups excluding carboxylic acids is 1. The highest BCUT2D eigenvalue weighted by Crippen LogP contribution is 2.23. The lowest BCUT2D eigenvalue weighted by molar-refractivity contribution is 0.0474. The summed E-state index contributed by atoms with van der Waals surface area (Å²) in [6, 6.07) is 5.20. The number of β-amino-alcohol motifs (C(OH)–C–C–N with tert-alkyl or cyclic N) is 1. The molecule has 1 aromatic carbocycles. The standard InChI is InChI=1S/C12H13BrClNO2/c13-8-3-4-11(14)10(6-8)12(17)15-5-1-2-9(16)7-15/h3-4,6,9,16H,1-2,5,7H2/t9-/m0/s1. The van der Waals surface area contributed by atoms with E-state index in [9.17, 15) is 9.90 Å². The Labute approximate surface area is 114 Å². The van der Waals surface area contributed by atoms with Crippen LogP contribution < -0.4 is 0 Å². The van der Waals surface area contributed by atoms with Gasteiger partial charge in [0.15, 0.2) is 0 Å². The Morgan fingerprint density at radius 2 is 2.29 bits per heavy atom. The average Bonchev–Trinajstić information content (AvgIpc) is 2.31. The van der Waals surface area contributed by atoms with Gasteiger partial charge >= 0.3 is 0 Å². The molecule has 0 bridgehead atoms. The summed E-state index contributed by atoms with van der Waals surface area (Å²) in [5, 5.41) is 10.0. The van der Waals surface area contributed by atoms with Gasteiger partial charge in [-0.25, -0.2) is 0 Å². The van der Waals surface area contributed by atoms with Gasteiger partial charge < -0.3 is 10.0 Å². The molecular formula is C12H13BrClNO2. The van der Waals surface area contributed by atoms with Gasteiger partial charge in [-0.1, -0.05) is 27.5 Å². The van der Waals surface area contributed by atoms with Crippen LogP contribution in [0.3, 0.4) is 0 Å². The van der Waals surface area contributed by atoms with Crippen molar-refractivity contribution in [1.82, 2.24) is 4.90 Å². The largest absolute Gasteiger partial charge is 0.391 e. The maximum absolute atomic E-state index is 12.2. The first-order valence-electron chi connectivity index (χ1n) is 5.50. The summed E-state index contributed by atoms with van der Waals surface area (Å²) in [5.74, 6) is -0.116. The van der Waals surface area contributed by atoms with Gasteiger partial charge in [-0.15, -0.1) is 0 Å². The molecule has 0 unspecified atom stereocenters. The summed E-state index contributed by atoms with van der Waals surface area (Å²) < 4.78 is 0.822. The van der Waals surface area contributed by atoms with E-state index >= 15 is 0 Å².